The van der Waals surface area contributed by atoms with Crippen LogP contribution in [-0.4, -0.2) is 24.5 Å². The van der Waals surface area contributed by atoms with Crippen LogP contribution < -0.4 is 0 Å². The Morgan fingerprint density at radius 1 is 0.643 bits per heavy atom. The Labute approximate surface area is 174 Å². The average molecular weight is 394 g/mol. The van der Waals surface area contributed by atoms with Crippen LogP contribution in [0.1, 0.15) is 88.5 Å². The van der Waals surface area contributed by atoms with E-state index in [4.69, 9.17) is 0 Å². The molecule has 0 spiro atoms. The summed E-state index contributed by atoms with van der Waals surface area (Å²) < 4.78 is 0. The fourth-order valence-corrected chi connectivity index (χ4v) is 17.3. The standard InChI is InChI=1S/C26H40BP/c27-28(25-16-18-6-8-22(25)14-18,26-17-19-7-9-23(26)15-19)24-12-10-21(11-13-24)20-4-2-1-3-5-20/h1-5,18-19,21-26,28H,6-17,27H2. The van der Waals surface area contributed by atoms with Crippen LogP contribution in [0.4, 0.5) is 0 Å². The Morgan fingerprint density at radius 3 is 1.68 bits per heavy atom. The van der Waals surface area contributed by atoms with Crippen molar-refractivity contribution in [1.82, 2.24) is 0 Å². The summed E-state index contributed by atoms with van der Waals surface area (Å²) in [5.74, 6) is 5.46. The molecule has 152 valence electrons. The molecule has 0 saturated heterocycles. The molecule has 0 aliphatic heterocycles. The second-order valence-corrected chi connectivity index (χ2v) is 16.9. The van der Waals surface area contributed by atoms with Crippen LogP contribution in [0.5, 0.6) is 0 Å². The van der Waals surface area contributed by atoms with Crippen molar-refractivity contribution in [2.75, 3.05) is 0 Å². The van der Waals surface area contributed by atoms with Crippen molar-refractivity contribution in [3.05, 3.63) is 35.9 Å². The average Bonchev–Trinajstić information content (AvgIpc) is 3.55. The number of rotatable bonds is 4. The molecule has 0 nitrogen and oxygen atoms in total. The van der Waals surface area contributed by atoms with Gasteiger partial charge in [0.25, 0.3) is 0 Å². The summed E-state index contributed by atoms with van der Waals surface area (Å²) in [5.41, 5.74) is 5.22. The molecule has 6 rings (SSSR count). The molecular weight excluding hydrogens is 354 g/mol. The van der Waals surface area contributed by atoms with Crippen molar-refractivity contribution in [1.29, 1.82) is 0 Å². The zero-order valence-electron chi connectivity index (χ0n) is 18.0. The molecule has 0 N–H and O–H groups in total. The first-order valence-corrected chi connectivity index (χ1v) is 15.5. The Hall–Kier alpha value is -0.285. The van der Waals surface area contributed by atoms with Gasteiger partial charge in [-0.3, -0.25) is 0 Å². The van der Waals surface area contributed by atoms with Crippen molar-refractivity contribution < 1.29 is 0 Å². The van der Waals surface area contributed by atoms with Gasteiger partial charge in [-0.2, -0.15) is 0 Å². The third kappa shape index (κ3) is 2.89. The van der Waals surface area contributed by atoms with Crippen LogP contribution in [0.25, 0.3) is 0 Å². The van der Waals surface area contributed by atoms with Gasteiger partial charge in [-0.05, 0) is 0 Å². The molecule has 4 bridgehead atoms. The second kappa shape index (κ2) is 7.15. The van der Waals surface area contributed by atoms with Crippen molar-refractivity contribution in [2.24, 2.45) is 23.7 Å². The van der Waals surface area contributed by atoms with Crippen LogP contribution in [0.2, 0.25) is 0 Å². The molecule has 2 heteroatoms. The predicted molar refractivity (Wildman–Crippen MR) is 127 cm³/mol. The first kappa shape index (κ1) is 18.5. The van der Waals surface area contributed by atoms with E-state index < -0.39 is 7.14 Å². The summed E-state index contributed by atoms with van der Waals surface area (Å²) in [5, 5.41) is 0. The van der Waals surface area contributed by atoms with E-state index in [0.29, 0.717) is 0 Å². The summed E-state index contributed by atoms with van der Waals surface area (Å²) >= 11 is 0. The van der Waals surface area contributed by atoms with E-state index in [1.54, 1.807) is 69.8 Å². The molecule has 5 aliphatic carbocycles. The maximum atomic E-state index is 2.98. The summed E-state index contributed by atoms with van der Waals surface area (Å²) in [6.07, 6.45) is 19.1. The molecular formula is C26H40BP. The Bertz CT molecular complexity index is 666. The Kier molecular flexibility index (Phi) is 4.72. The van der Waals surface area contributed by atoms with E-state index >= 15 is 0 Å². The fraction of sp³-hybridized carbons (Fsp3) is 0.769. The SMILES string of the molecule is B[PH](C1CCC(c2ccccc2)CC1)(C1CC2CCC1C2)C1CC2CCC1C2. The molecule has 5 fully saturated rings. The van der Waals surface area contributed by atoms with Crippen LogP contribution >= 0.6 is 7.14 Å². The van der Waals surface area contributed by atoms with E-state index in [0.717, 1.165) is 35.2 Å². The zero-order valence-corrected chi connectivity index (χ0v) is 19.0. The van der Waals surface area contributed by atoms with Gasteiger partial charge in [-0.1, -0.05) is 0 Å². The fourth-order valence-electron chi connectivity index (χ4n) is 9.67. The summed E-state index contributed by atoms with van der Waals surface area (Å²) in [6, 6.07) is 11.5. The molecule has 1 aromatic rings. The van der Waals surface area contributed by atoms with Crippen LogP contribution in [0.3, 0.4) is 0 Å². The molecule has 5 saturated carbocycles. The molecule has 0 radical (unpaired) electrons. The minimum absolute atomic E-state index is 0.857. The third-order valence-corrected chi connectivity index (χ3v) is 17.9. The first-order valence-electron chi connectivity index (χ1n) is 12.8. The first-order chi connectivity index (χ1) is 13.7. The van der Waals surface area contributed by atoms with Gasteiger partial charge in [0, 0.05) is 0 Å². The molecule has 6 atom stereocenters. The Morgan fingerprint density at radius 2 is 1.21 bits per heavy atom. The normalized spacial score (nSPS) is 45.6. The molecule has 6 unspecified atom stereocenters. The van der Waals surface area contributed by atoms with Gasteiger partial charge in [0.1, 0.15) is 0 Å². The predicted octanol–water partition coefficient (Wildman–Crippen LogP) is 6.39. The van der Waals surface area contributed by atoms with Gasteiger partial charge in [-0.25, -0.2) is 0 Å². The Balaban J connectivity index is 1.25. The molecule has 1 aromatic carbocycles. The van der Waals surface area contributed by atoms with Gasteiger partial charge < -0.3 is 0 Å². The van der Waals surface area contributed by atoms with E-state index in [2.05, 4.69) is 37.9 Å². The number of benzene rings is 1. The van der Waals surface area contributed by atoms with Gasteiger partial charge in [0.2, 0.25) is 0 Å². The topological polar surface area (TPSA) is 0 Å². The number of hydrogen-bond donors (Lipinski definition) is 0. The van der Waals surface area contributed by atoms with E-state index in [1.165, 1.54) is 24.2 Å². The molecule has 5 aliphatic rings. The molecule has 28 heavy (non-hydrogen) atoms. The van der Waals surface area contributed by atoms with Crippen LogP contribution in [-0.2, 0) is 0 Å². The third-order valence-electron chi connectivity index (χ3n) is 11.0. The van der Waals surface area contributed by atoms with Gasteiger partial charge in [0.15, 0.2) is 0 Å². The molecule has 0 amide bonds. The van der Waals surface area contributed by atoms with E-state index in [9.17, 15) is 0 Å². The van der Waals surface area contributed by atoms with Crippen molar-refractivity contribution >= 4 is 14.7 Å². The van der Waals surface area contributed by atoms with Gasteiger partial charge >= 0.3 is 174 Å². The van der Waals surface area contributed by atoms with E-state index in [1.807, 2.05) is 0 Å². The molecule has 0 heterocycles. The van der Waals surface area contributed by atoms with Gasteiger partial charge in [0.05, 0.1) is 0 Å². The second-order valence-electron chi connectivity index (χ2n) is 11.9. The van der Waals surface area contributed by atoms with Crippen molar-refractivity contribution in [2.45, 2.75) is 99.9 Å². The maximum absolute atomic E-state index is 2.98. The number of hydrogen-bond acceptors (Lipinski definition) is 0. The van der Waals surface area contributed by atoms with Gasteiger partial charge in [-0.15, -0.1) is 0 Å². The molecule has 0 aromatic heterocycles. The van der Waals surface area contributed by atoms with Crippen LogP contribution in [0.15, 0.2) is 30.3 Å². The zero-order chi connectivity index (χ0) is 18.7. The van der Waals surface area contributed by atoms with Crippen molar-refractivity contribution in [3.8, 4) is 0 Å². The monoisotopic (exact) mass is 394 g/mol. The summed E-state index contributed by atoms with van der Waals surface area (Å²) in [4.78, 5) is 0. The summed E-state index contributed by atoms with van der Waals surface area (Å²) in [6.45, 7) is 0. The van der Waals surface area contributed by atoms with Crippen LogP contribution in [0, 0.1) is 23.7 Å². The number of fused-ring (bicyclic) bond motifs is 4. The van der Waals surface area contributed by atoms with E-state index in [-0.39, 0.29) is 0 Å². The quantitative estimate of drug-likeness (QED) is 0.410. The summed E-state index contributed by atoms with van der Waals surface area (Å²) in [7, 11) is 1.76. The van der Waals surface area contributed by atoms with Crippen molar-refractivity contribution in [3.63, 3.8) is 0 Å². The minimum atomic E-state index is -1.22.